The highest BCUT2D eigenvalue weighted by Crippen LogP contribution is 2.17. The van der Waals surface area contributed by atoms with Crippen LogP contribution in [0.25, 0.3) is 0 Å². The van der Waals surface area contributed by atoms with Crippen molar-refractivity contribution in [2.75, 3.05) is 12.3 Å². The Labute approximate surface area is 236 Å². The van der Waals surface area contributed by atoms with E-state index in [9.17, 15) is 23.1 Å². The molecule has 3 rings (SSSR count). The number of rotatable bonds is 17. The molecule has 3 N–H and O–H groups in total. The van der Waals surface area contributed by atoms with Crippen molar-refractivity contribution in [1.82, 2.24) is 10.0 Å². The van der Waals surface area contributed by atoms with Gasteiger partial charge in [-0.15, -0.1) is 0 Å². The molecule has 214 valence electrons. The first-order valence-electron chi connectivity index (χ1n) is 13.5. The Bertz CT molecular complexity index is 1290. The van der Waals surface area contributed by atoms with Gasteiger partial charge in [0.15, 0.2) is 11.9 Å². The van der Waals surface area contributed by atoms with E-state index in [4.69, 9.17) is 4.74 Å². The fraction of sp³-hybridized carbons (Fsp3) is 0.355. The summed E-state index contributed by atoms with van der Waals surface area (Å²) >= 11 is 0. The van der Waals surface area contributed by atoms with Crippen molar-refractivity contribution in [2.45, 2.75) is 51.2 Å². The van der Waals surface area contributed by atoms with Crippen molar-refractivity contribution >= 4 is 21.9 Å². The predicted molar refractivity (Wildman–Crippen MR) is 156 cm³/mol. The van der Waals surface area contributed by atoms with Gasteiger partial charge in [0.1, 0.15) is 5.75 Å². The summed E-state index contributed by atoms with van der Waals surface area (Å²) in [6, 6.07) is 27.7. The quantitative estimate of drug-likeness (QED) is 0.215. The van der Waals surface area contributed by atoms with Gasteiger partial charge >= 0.3 is 6.09 Å². The summed E-state index contributed by atoms with van der Waals surface area (Å²) in [7, 11) is -3.96. The Morgan fingerprint density at radius 3 is 1.90 bits per heavy atom. The van der Waals surface area contributed by atoms with E-state index in [1.54, 1.807) is 24.3 Å². The van der Waals surface area contributed by atoms with Crippen LogP contribution in [-0.4, -0.2) is 49.8 Å². The molecule has 40 heavy (non-hydrogen) atoms. The van der Waals surface area contributed by atoms with Crippen molar-refractivity contribution in [3.05, 3.63) is 102 Å². The van der Waals surface area contributed by atoms with E-state index in [1.807, 2.05) is 73.7 Å². The van der Waals surface area contributed by atoms with Crippen molar-refractivity contribution in [1.29, 1.82) is 0 Å². The smallest absolute Gasteiger partial charge is 0.404 e. The molecule has 0 saturated carbocycles. The summed E-state index contributed by atoms with van der Waals surface area (Å²) in [5.41, 5.74) is 2.21. The molecule has 0 aliphatic carbocycles. The average Bonchev–Trinajstić information content (AvgIpc) is 2.94. The molecule has 0 saturated heterocycles. The van der Waals surface area contributed by atoms with E-state index in [2.05, 4.69) is 10.0 Å². The van der Waals surface area contributed by atoms with Gasteiger partial charge in [-0.2, -0.15) is 0 Å². The standard InChI is InChI=1S/C31H38N2O6S/c1-24(17-18-25-11-5-2-6-12-25)21-27(33-31(35)36)23-40(37,38)32-22-29(34)30(39-28-15-9-4-10-16-28)20-19-26-13-7-3-8-14-26/h2-16,24,27,30,32-33H,17-23H2,1H3,(H,35,36). The Hall–Kier alpha value is -3.69. The van der Waals surface area contributed by atoms with Crippen LogP contribution in [0, 0.1) is 5.92 Å². The second-order valence-corrected chi connectivity index (χ2v) is 11.9. The fourth-order valence-electron chi connectivity index (χ4n) is 4.51. The number of Topliss-reactive ketones (excluding diaryl/α,β-unsaturated/α-hetero) is 1. The molecule has 9 heteroatoms. The molecule has 0 fully saturated rings. The maximum Gasteiger partial charge on any atom is 0.404 e. The molecule has 3 unspecified atom stereocenters. The van der Waals surface area contributed by atoms with Gasteiger partial charge in [0, 0.05) is 6.04 Å². The zero-order valence-corrected chi connectivity index (χ0v) is 23.6. The number of carbonyl (C=O) groups is 2. The number of carbonyl (C=O) groups excluding carboxylic acids is 1. The summed E-state index contributed by atoms with van der Waals surface area (Å²) in [4.78, 5) is 24.5. The Morgan fingerprint density at radius 1 is 0.825 bits per heavy atom. The summed E-state index contributed by atoms with van der Waals surface area (Å²) in [5, 5.41) is 11.6. The van der Waals surface area contributed by atoms with Crippen LogP contribution in [0.1, 0.15) is 37.3 Å². The van der Waals surface area contributed by atoms with Gasteiger partial charge in [-0.05, 0) is 61.3 Å². The lowest BCUT2D eigenvalue weighted by Crippen LogP contribution is -2.45. The number of benzene rings is 3. The van der Waals surface area contributed by atoms with Crippen molar-refractivity contribution in [2.24, 2.45) is 5.92 Å². The van der Waals surface area contributed by atoms with E-state index in [-0.39, 0.29) is 5.92 Å². The number of hydrogen-bond donors (Lipinski definition) is 3. The fourth-order valence-corrected chi connectivity index (χ4v) is 5.74. The Morgan fingerprint density at radius 2 is 1.35 bits per heavy atom. The van der Waals surface area contributed by atoms with Gasteiger partial charge in [0.05, 0.1) is 12.3 Å². The first-order chi connectivity index (χ1) is 19.2. The Balaban J connectivity index is 1.58. The average molecular weight is 567 g/mol. The zero-order chi connectivity index (χ0) is 28.8. The predicted octanol–water partition coefficient (Wildman–Crippen LogP) is 4.85. The molecular formula is C31H38N2O6S. The number of ketones is 1. The number of aryl methyl sites for hydroxylation is 2. The van der Waals surface area contributed by atoms with E-state index >= 15 is 0 Å². The number of hydrogen-bond acceptors (Lipinski definition) is 5. The van der Waals surface area contributed by atoms with Crippen LogP contribution in [0.5, 0.6) is 5.75 Å². The molecular weight excluding hydrogens is 528 g/mol. The summed E-state index contributed by atoms with van der Waals surface area (Å²) < 4.78 is 34.1. The van der Waals surface area contributed by atoms with Crippen LogP contribution in [0.4, 0.5) is 4.79 Å². The van der Waals surface area contributed by atoms with Crippen LogP contribution in [0.2, 0.25) is 0 Å². The normalized spacial score (nSPS) is 13.6. The number of carboxylic acid groups (broad SMARTS) is 1. The monoisotopic (exact) mass is 566 g/mol. The van der Waals surface area contributed by atoms with Gasteiger partial charge in [0.2, 0.25) is 10.0 Å². The van der Waals surface area contributed by atoms with Crippen LogP contribution in [0.15, 0.2) is 91.0 Å². The van der Waals surface area contributed by atoms with Crippen LogP contribution in [-0.2, 0) is 27.7 Å². The first-order valence-corrected chi connectivity index (χ1v) is 15.1. The van der Waals surface area contributed by atoms with Gasteiger partial charge < -0.3 is 15.2 Å². The van der Waals surface area contributed by atoms with Crippen molar-refractivity contribution in [3.63, 3.8) is 0 Å². The summed E-state index contributed by atoms with van der Waals surface area (Å²) in [6.45, 7) is 1.53. The second-order valence-electron chi connectivity index (χ2n) is 10.0. The van der Waals surface area contributed by atoms with E-state index in [0.717, 1.165) is 18.4 Å². The number of para-hydroxylation sites is 1. The lowest BCUT2D eigenvalue weighted by atomic mass is 9.95. The van der Waals surface area contributed by atoms with Crippen LogP contribution in [0.3, 0.4) is 0 Å². The number of ether oxygens (including phenoxy) is 1. The highest BCUT2D eigenvalue weighted by molar-refractivity contribution is 7.89. The maximum atomic E-state index is 13.1. The third kappa shape index (κ3) is 11.6. The van der Waals surface area contributed by atoms with E-state index < -0.39 is 46.3 Å². The van der Waals surface area contributed by atoms with Crippen LogP contribution >= 0.6 is 0 Å². The molecule has 0 spiro atoms. The largest absolute Gasteiger partial charge is 0.483 e. The van der Waals surface area contributed by atoms with Crippen molar-refractivity contribution in [3.8, 4) is 5.75 Å². The topological polar surface area (TPSA) is 122 Å². The molecule has 3 aromatic carbocycles. The zero-order valence-electron chi connectivity index (χ0n) is 22.7. The number of amides is 1. The molecule has 0 aromatic heterocycles. The molecule has 8 nitrogen and oxygen atoms in total. The molecule has 0 bridgehead atoms. The third-order valence-corrected chi connectivity index (χ3v) is 8.01. The number of nitrogens with one attached hydrogen (secondary N) is 2. The molecule has 1 amide bonds. The lowest BCUT2D eigenvalue weighted by Gasteiger charge is -2.22. The third-order valence-electron chi connectivity index (χ3n) is 6.59. The Kier molecular flexibility index (Phi) is 12.2. The maximum absolute atomic E-state index is 13.1. The first kappa shape index (κ1) is 30.8. The highest BCUT2D eigenvalue weighted by Gasteiger charge is 2.26. The second kappa shape index (κ2) is 15.8. The SMILES string of the molecule is CC(CCc1ccccc1)CC(CS(=O)(=O)NCC(=O)C(CCc1ccccc1)Oc1ccccc1)NC(=O)O. The minimum atomic E-state index is -3.96. The molecule has 0 radical (unpaired) electrons. The highest BCUT2D eigenvalue weighted by atomic mass is 32.2. The van der Waals surface area contributed by atoms with Gasteiger partial charge in [-0.1, -0.05) is 85.8 Å². The molecule has 0 aliphatic heterocycles. The van der Waals surface area contributed by atoms with Gasteiger partial charge in [0.25, 0.3) is 0 Å². The summed E-state index contributed by atoms with van der Waals surface area (Å²) in [6.07, 6.45) is 0.773. The van der Waals surface area contributed by atoms with E-state index in [0.29, 0.717) is 25.0 Å². The van der Waals surface area contributed by atoms with Crippen LogP contribution < -0.4 is 14.8 Å². The summed E-state index contributed by atoms with van der Waals surface area (Å²) in [5.74, 6) is -0.263. The molecule has 3 atom stereocenters. The molecule has 0 aliphatic rings. The lowest BCUT2D eigenvalue weighted by molar-refractivity contribution is -0.124. The minimum absolute atomic E-state index is 0.0792. The van der Waals surface area contributed by atoms with Gasteiger partial charge in [-0.25, -0.2) is 17.9 Å². The van der Waals surface area contributed by atoms with E-state index in [1.165, 1.54) is 5.56 Å². The van der Waals surface area contributed by atoms with Gasteiger partial charge in [-0.3, -0.25) is 4.79 Å². The minimum Gasteiger partial charge on any atom is -0.483 e. The molecule has 3 aromatic rings. The van der Waals surface area contributed by atoms with Crippen molar-refractivity contribution < 1.29 is 27.9 Å². The molecule has 0 heterocycles. The number of sulfonamides is 1.